The number of rotatable bonds is 2. The Morgan fingerprint density at radius 1 is 0.952 bits per heavy atom. The number of nitrogens with one attached hydrogen (secondary N) is 1. The first-order valence-electron chi connectivity index (χ1n) is 6.70. The van der Waals surface area contributed by atoms with Gasteiger partial charge in [0.25, 0.3) is 0 Å². The van der Waals surface area contributed by atoms with Gasteiger partial charge in [-0.3, -0.25) is 5.10 Å². The van der Waals surface area contributed by atoms with Gasteiger partial charge in [0, 0.05) is 10.9 Å². The second-order valence-electron chi connectivity index (χ2n) is 4.87. The molecule has 0 bridgehead atoms. The number of H-pyrrole nitrogens is 1. The minimum Gasteiger partial charge on any atom is -0.464 e. The second-order valence-corrected chi connectivity index (χ2v) is 4.87. The highest BCUT2D eigenvalue weighted by molar-refractivity contribution is 5.99. The molecule has 4 rings (SSSR count). The van der Waals surface area contributed by atoms with Crippen LogP contribution in [0.15, 0.2) is 65.3 Å². The fraction of sp³-hybridized carbons (Fsp3) is 0. The average Bonchev–Trinajstić information content (AvgIpc) is 3.11. The minimum absolute atomic E-state index is 0.487. The zero-order valence-corrected chi connectivity index (χ0v) is 11.2. The first-order chi connectivity index (χ1) is 10.3. The van der Waals surface area contributed by atoms with Crippen LogP contribution >= 0.6 is 0 Å². The van der Waals surface area contributed by atoms with Crippen molar-refractivity contribution in [1.29, 1.82) is 0 Å². The summed E-state index contributed by atoms with van der Waals surface area (Å²) in [7, 11) is 0. The summed E-state index contributed by atoms with van der Waals surface area (Å²) in [6.07, 6.45) is 1.74. The largest absolute Gasteiger partial charge is 0.464 e. The van der Waals surface area contributed by atoms with E-state index in [4.69, 9.17) is 10.2 Å². The number of aromatic amines is 1. The van der Waals surface area contributed by atoms with Crippen LogP contribution in [0.5, 0.6) is 0 Å². The van der Waals surface area contributed by atoms with Gasteiger partial charge in [0.1, 0.15) is 11.8 Å². The Labute approximate surface area is 121 Å². The highest BCUT2D eigenvalue weighted by atomic mass is 16.3. The maximum Gasteiger partial charge on any atom is 0.153 e. The van der Waals surface area contributed by atoms with E-state index in [-0.39, 0.29) is 0 Å². The quantitative estimate of drug-likeness (QED) is 0.579. The monoisotopic (exact) mass is 275 g/mol. The van der Waals surface area contributed by atoms with Crippen LogP contribution in [-0.4, -0.2) is 10.2 Å². The summed E-state index contributed by atoms with van der Waals surface area (Å²) in [6, 6.07) is 17.9. The molecule has 4 nitrogen and oxygen atoms in total. The molecular formula is C17H13N3O. The SMILES string of the molecule is Nc1n[nH]c(-c2coc3ccccc23)c1-c1ccccc1. The smallest absolute Gasteiger partial charge is 0.153 e. The van der Waals surface area contributed by atoms with Gasteiger partial charge in [0.15, 0.2) is 5.82 Å². The topological polar surface area (TPSA) is 67.8 Å². The highest BCUT2D eigenvalue weighted by Crippen LogP contribution is 2.38. The molecule has 2 heterocycles. The number of nitrogens with zero attached hydrogens (tertiary/aromatic N) is 1. The van der Waals surface area contributed by atoms with Crippen LogP contribution < -0.4 is 5.73 Å². The standard InChI is InChI=1S/C17H13N3O/c18-17-15(11-6-2-1-3-7-11)16(19-20-17)13-10-21-14-9-5-4-8-12(13)14/h1-10H,(H3,18,19,20). The summed E-state index contributed by atoms with van der Waals surface area (Å²) in [5.74, 6) is 0.487. The first kappa shape index (κ1) is 11.8. The number of anilines is 1. The van der Waals surface area contributed by atoms with Crippen molar-refractivity contribution in [2.45, 2.75) is 0 Å². The molecule has 0 spiro atoms. The van der Waals surface area contributed by atoms with Crippen LogP contribution in [0, 0.1) is 0 Å². The number of hydrogen-bond donors (Lipinski definition) is 2. The number of fused-ring (bicyclic) bond motifs is 1. The fourth-order valence-electron chi connectivity index (χ4n) is 2.62. The number of para-hydroxylation sites is 1. The van der Waals surface area contributed by atoms with Gasteiger partial charge in [-0.1, -0.05) is 48.5 Å². The first-order valence-corrected chi connectivity index (χ1v) is 6.70. The average molecular weight is 275 g/mol. The van der Waals surface area contributed by atoms with Crippen LogP contribution in [0.3, 0.4) is 0 Å². The number of nitrogens with two attached hydrogens (primary N) is 1. The normalized spacial score (nSPS) is 11.0. The van der Waals surface area contributed by atoms with Crippen molar-refractivity contribution in [2.75, 3.05) is 5.73 Å². The van der Waals surface area contributed by atoms with Crippen molar-refractivity contribution in [2.24, 2.45) is 0 Å². The number of nitrogen functional groups attached to an aromatic ring is 1. The lowest BCUT2D eigenvalue weighted by Gasteiger charge is -2.03. The van der Waals surface area contributed by atoms with E-state index in [9.17, 15) is 0 Å². The third-order valence-electron chi connectivity index (χ3n) is 3.61. The van der Waals surface area contributed by atoms with E-state index in [0.29, 0.717) is 5.82 Å². The summed E-state index contributed by atoms with van der Waals surface area (Å²) in [4.78, 5) is 0. The molecule has 0 aliphatic heterocycles. The molecule has 0 saturated carbocycles. The van der Waals surface area contributed by atoms with Gasteiger partial charge in [-0.2, -0.15) is 5.10 Å². The van der Waals surface area contributed by atoms with E-state index in [2.05, 4.69) is 10.2 Å². The summed E-state index contributed by atoms with van der Waals surface area (Å²) < 4.78 is 5.61. The van der Waals surface area contributed by atoms with Gasteiger partial charge in [-0.05, 0) is 11.6 Å². The Bertz CT molecular complexity index is 906. The lowest BCUT2D eigenvalue weighted by molar-refractivity contribution is 0.617. The van der Waals surface area contributed by atoms with Gasteiger partial charge in [-0.15, -0.1) is 0 Å². The van der Waals surface area contributed by atoms with E-state index in [1.165, 1.54) is 0 Å². The number of benzene rings is 2. The zero-order chi connectivity index (χ0) is 14.2. The Morgan fingerprint density at radius 3 is 2.57 bits per heavy atom. The molecule has 0 amide bonds. The van der Waals surface area contributed by atoms with E-state index in [1.54, 1.807) is 6.26 Å². The fourth-order valence-corrected chi connectivity index (χ4v) is 2.62. The zero-order valence-electron chi connectivity index (χ0n) is 11.2. The van der Waals surface area contributed by atoms with E-state index < -0.39 is 0 Å². The third-order valence-corrected chi connectivity index (χ3v) is 3.61. The lowest BCUT2D eigenvalue weighted by Crippen LogP contribution is -1.88. The molecule has 2 aromatic heterocycles. The van der Waals surface area contributed by atoms with Crippen molar-refractivity contribution >= 4 is 16.8 Å². The molecule has 4 aromatic rings. The minimum atomic E-state index is 0.487. The van der Waals surface area contributed by atoms with E-state index in [0.717, 1.165) is 33.4 Å². The number of aromatic nitrogens is 2. The Kier molecular flexibility index (Phi) is 2.54. The van der Waals surface area contributed by atoms with Crippen LogP contribution in [0.2, 0.25) is 0 Å². The predicted octanol–water partition coefficient (Wildman–Crippen LogP) is 4.07. The summed E-state index contributed by atoms with van der Waals surface area (Å²) in [5, 5.41) is 8.24. The molecule has 4 heteroatoms. The molecule has 0 atom stereocenters. The maximum absolute atomic E-state index is 6.05. The summed E-state index contributed by atoms with van der Waals surface area (Å²) in [6.45, 7) is 0. The van der Waals surface area contributed by atoms with Crippen LogP contribution in [0.4, 0.5) is 5.82 Å². The van der Waals surface area contributed by atoms with Crippen LogP contribution in [0.25, 0.3) is 33.4 Å². The van der Waals surface area contributed by atoms with Gasteiger partial charge in [0.05, 0.1) is 11.3 Å². The van der Waals surface area contributed by atoms with Gasteiger partial charge < -0.3 is 10.2 Å². The molecule has 2 aromatic carbocycles. The van der Waals surface area contributed by atoms with Crippen molar-refractivity contribution in [3.05, 3.63) is 60.9 Å². The van der Waals surface area contributed by atoms with Gasteiger partial charge in [-0.25, -0.2) is 0 Å². The van der Waals surface area contributed by atoms with Crippen molar-refractivity contribution in [1.82, 2.24) is 10.2 Å². The molecule has 3 N–H and O–H groups in total. The van der Waals surface area contributed by atoms with Gasteiger partial charge >= 0.3 is 0 Å². The summed E-state index contributed by atoms with van der Waals surface area (Å²) in [5.41, 5.74) is 10.7. The molecular weight excluding hydrogens is 262 g/mol. The molecule has 0 saturated heterocycles. The van der Waals surface area contributed by atoms with Crippen LogP contribution in [-0.2, 0) is 0 Å². The Balaban J connectivity index is 1.98. The van der Waals surface area contributed by atoms with Crippen LogP contribution in [0.1, 0.15) is 0 Å². The van der Waals surface area contributed by atoms with Crippen molar-refractivity contribution in [3.8, 4) is 22.4 Å². The molecule has 0 fully saturated rings. The molecule has 0 aliphatic carbocycles. The lowest BCUT2D eigenvalue weighted by atomic mass is 10.0. The summed E-state index contributed by atoms with van der Waals surface area (Å²) >= 11 is 0. The van der Waals surface area contributed by atoms with Crippen molar-refractivity contribution < 1.29 is 4.42 Å². The van der Waals surface area contributed by atoms with E-state index in [1.807, 2.05) is 54.6 Å². The third kappa shape index (κ3) is 1.80. The highest BCUT2D eigenvalue weighted by Gasteiger charge is 2.18. The molecule has 0 aliphatic rings. The molecule has 21 heavy (non-hydrogen) atoms. The number of hydrogen-bond acceptors (Lipinski definition) is 3. The predicted molar refractivity (Wildman–Crippen MR) is 83.6 cm³/mol. The molecule has 0 unspecified atom stereocenters. The molecule has 102 valence electrons. The van der Waals surface area contributed by atoms with Crippen molar-refractivity contribution in [3.63, 3.8) is 0 Å². The van der Waals surface area contributed by atoms with Gasteiger partial charge in [0.2, 0.25) is 0 Å². The molecule has 0 radical (unpaired) electrons. The Morgan fingerprint density at radius 2 is 1.71 bits per heavy atom. The Hall–Kier alpha value is -3.01. The second kappa shape index (κ2) is 4.52. The maximum atomic E-state index is 6.05. The van der Waals surface area contributed by atoms with E-state index >= 15 is 0 Å². The number of furan rings is 1.